The number of hydrogen-bond acceptors (Lipinski definition) is 3. The minimum absolute atomic E-state index is 0.104. The zero-order valence-corrected chi connectivity index (χ0v) is 15.5. The second-order valence-electron chi connectivity index (χ2n) is 6.88. The van der Waals surface area contributed by atoms with Gasteiger partial charge in [-0.1, -0.05) is 12.1 Å². The van der Waals surface area contributed by atoms with Gasteiger partial charge < -0.3 is 19.7 Å². The van der Waals surface area contributed by atoms with Gasteiger partial charge in [0.25, 0.3) is 5.91 Å². The maximum atomic E-state index is 12.4. The molecule has 0 spiro atoms. The van der Waals surface area contributed by atoms with E-state index in [-0.39, 0.29) is 12.0 Å². The van der Waals surface area contributed by atoms with E-state index < -0.39 is 0 Å². The number of nitrogens with one attached hydrogen (secondary N) is 2. The van der Waals surface area contributed by atoms with Gasteiger partial charge in [-0.2, -0.15) is 0 Å². The van der Waals surface area contributed by atoms with E-state index >= 15 is 0 Å². The Balaban J connectivity index is 1.55. The Hall–Kier alpha value is -2.37. The molecule has 5 heteroatoms. The largest absolute Gasteiger partial charge is 0.491 e. The summed E-state index contributed by atoms with van der Waals surface area (Å²) >= 11 is 0. The molecule has 2 N–H and O–H groups in total. The molecule has 26 heavy (non-hydrogen) atoms. The van der Waals surface area contributed by atoms with E-state index in [4.69, 9.17) is 9.47 Å². The molecule has 3 rings (SSSR count). The summed E-state index contributed by atoms with van der Waals surface area (Å²) in [6.45, 7) is 8.69. The van der Waals surface area contributed by atoms with Gasteiger partial charge in [0.1, 0.15) is 25.4 Å². The Morgan fingerprint density at radius 2 is 1.73 bits per heavy atom. The Kier molecular flexibility index (Phi) is 6.26. The molecular weight excluding hydrogens is 328 g/mol. The second kappa shape index (κ2) is 8.83. The number of ether oxygens (including phenoxy) is 2. The van der Waals surface area contributed by atoms with Crippen molar-refractivity contribution in [2.75, 3.05) is 31.6 Å². The molecule has 0 bridgehead atoms. The lowest BCUT2D eigenvalue weighted by atomic mass is 10.1. The van der Waals surface area contributed by atoms with Crippen molar-refractivity contribution in [1.29, 1.82) is 0 Å². The summed E-state index contributed by atoms with van der Waals surface area (Å²) in [7, 11) is 0. The molecule has 1 heterocycles. The third-order valence-electron chi connectivity index (χ3n) is 4.35. The fourth-order valence-corrected chi connectivity index (χ4v) is 2.99. The van der Waals surface area contributed by atoms with E-state index in [0.717, 1.165) is 44.3 Å². The summed E-state index contributed by atoms with van der Waals surface area (Å²) in [4.78, 5) is 13.9. The second-order valence-corrected chi connectivity index (χ2v) is 6.88. The molecular formula is C21H27N2O3+. The van der Waals surface area contributed by atoms with E-state index in [2.05, 4.69) is 5.32 Å². The van der Waals surface area contributed by atoms with Gasteiger partial charge in [0.05, 0.1) is 19.3 Å². The molecule has 0 atom stereocenters. The van der Waals surface area contributed by atoms with Crippen molar-refractivity contribution in [3.05, 3.63) is 59.7 Å². The van der Waals surface area contributed by atoms with Crippen molar-refractivity contribution in [1.82, 2.24) is 0 Å². The minimum Gasteiger partial charge on any atom is -0.491 e. The maximum Gasteiger partial charge on any atom is 0.255 e. The first-order chi connectivity index (χ1) is 12.6. The molecule has 1 saturated heterocycles. The van der Waals surface area contributed by atoms with E-state index in [1.807, 2.05) is 62.4 Å². The molecule has 0 aliphatic carbocycles. The van der Waals surface area contributed by atoms with E-state index in [9.17, 15) is 4.79 Å². The summed E-state index contributed by atoms with van der Waals surface area (Å²) in [5.41, 5.74) is 2.66. The predicted molar refractivity (Wildman–Crippen MR) is 102 cm³/mol. The number of carbonyl (C=O) groups is 1. The molecule has 2 aromatic carbocycles. The number of amides is 1. The Bertz CT molecular complexity index is 705. The van der Waals surface area contributed by atoms with Crippen molar-refractivity contribution in [3.63, 3.8) is 0 Å². The highest BCUT2D eigenvalue weighted by molar-refractivity contribution is 6.04. The topological polar surface area (TPSA) is 52.0 Å². The Morgan fingerprint density at radius 1 is 1.08 bits per heavy atom. The molecule has 0 radical (unpaired) electrons. The SMILES string of the molecule is CC(C)Oc1ccc(NC(=O)c2ccc(C[NH+]3CCOCC3)cc2)cc1. The molecule has 1 amide bonds. The minimum atomic E-state index is -0.104. The lowest BCUT2D eigenvalue weighted by Gasteiger charge is -2.23. The smallest absolute Gasteiger partial charge is 0.255 e. The number of benzene rings is 2. The predicted octanol–water partition coefficient (Wildman–Crippen LogP) is 2.14. The van der Waals surface area contributed by atoms with Crippen molar-refractivity contribution in [3.8, 4) is 5.75 Å². The molecule has 2 aromatic rings. The summed E-state index contributed by atoms with van der Waals surface area (Å²) in [5, 5.41) is 2.92. The van der Waals surface area contributed by atoms with Crippen LogP contribution in [0.2, 0.25) is 0 Å². The monoisotopic (exact) mass is 355 g/mol. The van der Waals surface area contributed by atoms with Crippen molar-refractivity contribution < 1.29 is 19.2 Å². The van der Waals surface area contributed by atoms with Crippen LogP contribution in [-0.2, 0) is 11.3 Å². The van der Waals surface area contributed by atoms with Crippen LogP contribution in [0.5, 0.6) is 5.75 Å². The van der Waals surface area contributed by atoms with E-state index in [1.54, 1.807) is 0 Å². The summed E-state index contributed by atoms with van der Waals surface area (Å²) in [6.07, 6.45) is 0.133. The van der Waals surface area contributed by atoms with Crippen LogP contribution < -0.4 is 15.0 Å². The van der Waals surface area contributed by atoms with Gasteiger partial charge >= 0.3 is 0 Å². The Labute approximate surface area is 154 Å². The van der Waals surface area contributed by atoms with Crippen molar-refractivity contribution in [2.24, 2.45) is 0 Å². The van der Waals surface area contributed by atoms with E-state index in [1.165, 1.54) is 10.5 Å². The third-order valence-corrected chi connectivity index (χ3v) is 4.35. The third kappa shape index (κ3) is 5.31. The molecule has 1 aliphatic heterocycles. The molecule has 1 aliphatic rings. The standard InChI is InChI=1S/C21H26N2O3/c1-16(2)26-20-9-7-19(8-10-20)22-21(24)18-5-3-17(4-6-18)15-23-11-13-25-14-12-23/h3-10,16H,11-15H2,1-2H3,(H,22,24)/p+1. The fourth-order valence-electron chi connectivity index (χ4n) is 2.99. The first-order valence-electron chi connectivity index (χ1n) is 9.18. The maximum absolute atomic E-state index is 12.4. The zero-order chi connectivity index (χ0) is 18.4. The highest BCUT2D eigenvalue weighted by atomic mass is 16.5. The summed E-state index contributed by atoms with van der Waals surface area (Å²) < 4.78 is 11.0. The Morgan fingerprint density at radius 3 is 2.35 bits per heavy atom. The van der Waals surface area contributed by atoms with Crippen LogP contribution in [-0.4, -0.2) is 38.3 Å². The number of quaternary nitrogens is 1. The van der Waals surface area contributed by atoms with Crippen LogP contribution in [0.15, 0.2) is 48.5 Å². The molecule has 0 unspecified atom stereocenters. The van der Waals surface area contributed by atoms with Gasteiger partial charge in [0.2, 0.25) is 0 Å². The first-order valence-corrected chi connectivity index (χ1v) is 9.18. The summed E-state index contributed by atoms with van der Waals surface area (Å²) in [5.74, 6) is 0.695. The number of hydrogen-bond donors (Lipinski definition) is 2. The van der Waals surface area contributed by atoms with Crippen LogP contribution in [0.3, 0.4) is 0 Å². The summed E-state index contributed by atoms with van der Waals surface area (Å²) in [6, 6.07) is 15.3. The molecule has 138 valence electrons. The quantitative estimate of drug-likeness (QED) is 0.835. The van der Waals surface area contributed by atoms with Crippen LogP contribution >= 0.6 is 0 Å². The van der Waals surface area contributed by atoms with Crippen LogP contribution in [0, 0.1) is 0 Å². The number of morpholine rings is 1. The lowest BCUT2D eigenvalue weighted by molar-refractivity contribution is -0.921. The number of anilines is 1. The molecule has 0 saturated carbocycles. The average Bonchev–Trinajstić information content (AvgIpc) is 2.64. The molecule has 0 aromatic heterocycles. The first kappa shape index (κ1) is 18.4. The molecule has 1 fully saturated rings. The number of carbonyl (C=O) groups excluding carboxylic acids is 1. The van der Waals surface area contributed by atoms with Gasteiger partial charge in [0, 0.05) is 16.8 Å². The van der Waals surface area contributed by atoms with Gasteiger partial charge in [0.15, 0.2) is 0 Å². The highest BCUT2D eigenvalue weighted by Gasteiger charge is 2.14. The van der Waals surface area contributed by atoms with Crippen molar-refractivity contribution >= 4 is 11.6 Å². The van der Waals surface area contributed by atoms with Crippen LogP contribution in [0.1, 0.15) is 29.8 Å². The average molecular weight is 355 g/mol. The van der Waals surface area contributed by atoms with Gasteiger partial charge in [-0.05, 0) is 50.2 Å². The number of rotatable bonds is 6. The molecule has 5 nitrogen and oxygen atoms in total. The van der Waals surface area contributed by atoms with Gasteiger partial charge in [-0.25, -0.2) is 0 Å². The highest BCUT2D eigenvalue weighted by Crippen LogP contribution is 2.17. The lowest BCUT2D eigenvalue weighted by Crippen LogP contribution is -3.12. The fraction of sp³-hybridized carbons (Fsp3) is 0.381. The van der Waals surface area contributed by atoms with Gasteiger partial charge in [-0.15, -0.1) is 0 Å². The zero-order valence-electron chi connectivity index (χ0n) is 15.5. The normalized spacial score (nSPS) is 15.0. The van der Waals surface area contributed by atoms with Crippen LogP contribution in [0.4, 0.5) is 5.69 Å². The van der Waals surface area contributed by atoms with E-state index in [0.29, 0.717) is 5.56 Å². The van der Waals surface area contributed by atoms with Gasteiger partial charge in [-0.3, -0.25) is 4.79 Å². The van der Waals surface area contributed by atoms with Crippen molar-refractivity contribution in [2.45, 2.75) is 26.5 Å². The van der Waals surface area contributed by atoms with Crippen LogP contribution in [0.25, 0.3) is 0 Å².